The van der Waals surface area contributed by atoms with Gasteiger partial charge in [0.05, 0.1) is 6.54 Å². The second-order valence-electron chi connectivity index (χ2n) is 4.53. The van der Waals surface area contributed by atoms with Crippen LogP contribution in [0.1, 0.15) is 44.4 Å². The van der Waals surface area contributed by atoms with Crippen molar-refractivity contribution in [3.63, 3.8) is 0 Å². The van der Waals surface area contributed by atoms with E-state index in [0.717, 1.165) is 6.54 Å². The number of nitrogens with zero attached hydrogens (tertiary/aromatic N) is 2. The summed E-state index contributed by atoms with van der Waals surface area (Å²) in [5.74, 6) is 1.33. The van der Waals surface area contributed by atoms with Crippen molar-refractivity contribution in [2.45, 2.75) is 46.1 Å². The number of aryl methyl sites for hydroxylation is 1. The molecule has 15 heavy (non-hydrogen) atoms. The molecule has 1 heterocycles. The monoisotopic (exact) mass is 209 g/mol. The van der Waals surface area contributed by atoms with Crippen molar-refractivity contribution in [3.05, 3.63) is 11.8 Å². The molecule has 0 atom stereocenters. The van der Waals surface area contributed by atoms with E-state index in [1.807, 2.05) is 6.92 Å². The predicted molar refractivity (Wildman–Crippen MR) is 57.3 cm³/mol. The van der Waals surface area contributed by atoms with E-state index >= 15 is 0 Å². The van der Waals surface area contributed by atoms with E-state index in [1.165, 1.54) is 25.7 Å². The highest BCUT2D eigenvalue weighted by Gasteiger charge is 2.34. The van der Waals surface area contributed by atoms with E-state index in [-0.39, 0.29) is 0 Å². The van der Waals surface area contributed by atoms with Gasteiger partial charge in [0, 0.05) is 13.5 Å². The highest BCUT2D eigenvalue weighted by atomic mass is 16.4. The fourth-order valence-electron chi connectivity index (χ4n) is 2.18. The molecule has 0 saturated heterocycles. The van der Waals surface area contributed by atoms with Gasteiger partial charge in [0.15, 0.2) is 0 Å². The average molecular weight is 209 g/mol. The molecule has 1 aromatic heterocycles. The van der Waals surface area contributed by atoms with Crippen molar-refractivity contribution in [2.24, 2.45) is 5.41 Å². The summed E-state index contributed by atoms with van der Waals surface area (Å²) in [7, 11) is 0. The first-order valence-electron chi connectivity index (χ1n) is 5.74. The maximum atomic E-state index is 5.30. The lowest BCUT2D eigenvalue weighted by molar-refractivity contribution is 0.122. The summed E-state index contributed by atoms with van der Waals surface area (Å²) in [6, 6.07) is 0. The highest BCUT2D eigenvalue weighted by molar-refractivity contribution is 4.89. The van der Waals surface area contributed by atoms with Gasteiger partial charge in [0.25, 0.3) is 0 Å². The molecule has 4 heteroatoms. The molecule has 1 aliphatic rings. The van der Waals surface area contributed by atoms with Crippen LogP contribution >= 0.6 is 0 Å². The van der Waals surface area contributed by atoms with Gasteiger partial charge in [0.1, 0.15) is 0 Å². The molecule has 1 aromatic rings. The normalized spacial score (nSPS) is 18.8. The third kappa shape index (κ3) is 2.37. The Bertz CT molecular complexity index is 312. The van der Waals surface area contributed by atoms with Gasteiger partial charge in [-0.05, 0) is 24.7 Å². The predicted octanol–water partition coefficient (Wildman–Crippen LogP) is 2.05. The zero-order chi connectivity index (χ0) is 10.7. The highest BCUT2D eigenvalue weighted by Crippen LogP contribution is 2.43. The Balaban J connectivity index is 1.74. The minimum absolute atomic E-state index is 0.551. The van der Waals surface area contributed by atoms with E-state index in [4.69, 9.17) is 4.42 Å². The second kappa shape index (κ2) is 4.31. The van der Waals surface area contributed by atoms with Crippen molar-refractivity contribution in [1.82, 2.24) is 15.5 Å². The van der Waals surface area contributed by atoms with E-state index in [9.17, 15) is 0 Å². The molecule has 1 saturated carbocycles. The van der Waals surface area contributed by atoms with Gasteiger partial charge in [-0.2, -0.15) is 0 Å². The summed E-state index contributed by atoms with van der Waals surface area (Å²) in [6.07, 6.45) is 5.37. The molecule has 1 N–H and O–H groups in total. The summed E-state index contributed by atoms with van der Waals surface area (Å²) in [5, 5.41) is 11.2. The van der Waals surface area contributed by atoms with Crippen molar-refractivity contribution in [1.29, 1.82) is 0 Å². The fourth-order valence-corrected chi connectivity index (χ4v) is 2.18. The topological polar surface area (TPSA) is 51.0 Å². The van der Waals surface area contributed by atoms with Crippen LogP contribution in [0.4, 0.5) is 0 Å². The number of hydrogen-bond acceptors (Lipinski definition) is 4. The molecular weight excluding hydrogens is 190 g/mol. The van der Waals surface area contributed by atoms with E-state index in [0.29, 0.717) is 23.7 Å². The molecular formula is C11H19N3O. The van der Waals surface area contributed by atoms with Gasteiger partial charge in [-0.15, -0.1) is 10.2 Å². The summed E-state index contributed by atoms with van der Waals surface area (Å²) in [5.41, 5.74) is 0.551. The third-order valence-corrected chi connectivity index (χ3v) is 3.51. The maximum absolute atomic E-state index is 5.30. The van der Waals surface area contributed by atoms with Crippen LogP contribution in [0.25, 0.3) is 0 Å². The molecule has 0 spiro atoms. The van der Waals surface area contributed by atoms with Crippen LogP contribution in [-0.2, 0) is 6.54 Å². The van der Waals surface area contributed by atoms with Crippen molar-refractivity contribution >= 4 is 0 Å². The number of rotatable bonds is 5. The average Bonchev–Trinajstić information content (AvgIpc) is 2.56. The lowest BCUT2D eigenvalue weighted by atomic mass is 9.67. The number of hydrogen-bond donors (Lipinski definition) is 1. The summed E-state index contributed by atoms with van der Waals surface area (Å²) < 4.78 is 5.30. The van der Waals surface area contributed by atoms with Crippen LogP contribution in [0, 0.1) is 12.3 Å². The zero-order valence-electron chi connectivity index (χ0n) is 9.55. The van der Waals surface area contributed by atoms with Gasteiger partial charge in [-0.25, -0.2) is 0 Å². The Kier molecular flexibility index (Phi) is 3.05. The standard InChI is InChI=1S/C11H19N3O/c1-3-11(5-4-6-11)8-12-7-10-14-13-9(2)15-10/h12H,3-8H2,1-2H3. The third-order valence-electron chi connectivity index (χ3n) is 3.51. The molecule has 1 aliphatic carbocycles. The van der Waals surface area contributed by atoms with Crippen LogP contribution < -0.4 is 5.32 Å². The SMILES string of the molecule is CCC1(CNCc2nnc(C)o2)CCC1. The Hall–Kier alpha value is -0.900. The fraction of sp³-hybridized carbons (Fsp3) is 0.818. The molecule has 0 bridgehead atoms. The van der Waals surface area contributed by atoms with Gasteiger partial charge < -0.3 is 9.73 Å². The molecule has 2 rings (SSSR count). The summed E-state index contributed by atoms with van der Waals surface area (Å²) >= 11 is 0. The van der Waals surface area contributed by atoms with Gasteiger partial charge in [-0.1, -0.05) is 13.3 Å². The first-order valence-corrected chi connectivity index (χ1v) is 5.74. The Morgan fingerprint density at radius 1 is 1.40 bits per heavy atom. The van der Waals surface area contributed by atoms with Crippen molar-refractivity contribution in [3.8, 4) is 0 Å². The van der Waals surface area contributed by atoms with E-state index < -0.39 is 0 Å². The number of nitrogens with one attached hydrogen (secondary N) is 1. The van der Waals surface area contributed by atoms with Gasteiger partial charge >= 0.3 is 0 Å². The van der Waals surface area contributed by atoms with E-state index in [2.05, 4.69) is 22.4 Å². The molecule has 0 amide bonds. The quantitative estimate of drug-likeness (QED) is 0.806. The van der Waals surface area contributed by atoms with Crippen LogP contribution in [0.15, 0.2) is 4.42 Å². The molecule has 0 aliphatic heterocycles. The van der Waals surface area contributed by atoms with E-state index in [1.54, 1.807) is 0 Å². The zero-order valence-corrected chi connectivity index (χ0v) is 9.55. The molecule has 4 nitrogen and oxygen atoms in total. The van der Waals surface area contributed by atoms with Crippen LogP contribution in [0.2, 0.25) is 0 Å². The second-order valence-corrected chi connectivity index (χ2v) is 4.53. The minimum Gasteiger partial charge on any atom is -0.424 e. The summed E-state index contributed by atoms with van der Waals surface area (Å²) in [4.78, 5) is 0. The Morgan fingerprint density at radius 3 is 2.67 bits per heavy atom. The lowest BCUT2D eigenvalue weighted by Crippen LogP contribution is -2.39. The van der Waals surface area contributed by atoms with Crippen LogP contribution in [0.3, 0.4) is 0 Å². The lowest BCUT2D eigenvalue weighted by Gasteiger charge is -2.41. The number of aromatic nitrogens is 2. The molecule has 84 valence electrons. The largest absolute Gasteiger partial charge is 0.424 e. The van der Waals surface area contributed by atoms with Crippen LogP contribution in [-0.4, -0.2) is 16.7 Å². The maximum Gasteiger partial charge on any atom is 0.230 e. The van der Waals surface area contributed by atoms with Crippen molar-refractivity contribution in [2.75, 3.05) is 6.54 Å². The first kappa shape index (κ1) is 10.6. The smallest absolute Gasteiger partial charge is 0.230 e. The van der Waals surface area contributed by atoms with Crippen molar-refractivity contribution < 1.29 is 4.42 Å². The van der Waals surface area contributed by atoms with Crippen LogP contribution in [0.5, 0.6) is 0 Å². The molecule has 0 radical (unpaired) electrons. The first-order chi connectivity index (χ1) is 7.24. The molecule has 0 unspecified atom stereocenters. The summed E-state index contributed by atoms with van der Waals surface area (Å²) in [6.45, 7) is 5.86. The Morgan fingerprint density at radius 2 is 2.20 bits per heavy atom. The van der Waals surface area contributed by atoms with Gasteiger partial charge in [0.2, 0.25) is 11.8 Å². The molecule has 0 aromatic carbocycles. The minimum atomic E-state index is 0.551. The molecule has 1 fully saturated rings. The Labute approximate surface area is 90.5 Å². The van der Waals surface area contributed by atoms with Gasteiger partial charge in [-0.3, -0.25) is 0 Å².